The van der Waals surface area contributed by atoms with Gasteiger partial charge in [0.05, 0.1) is 5.92 Å². The average molecular weight is 261 g/mol. The highest BCUT2D eigenvalue weighted by molar-refractivity contribution is 5.70. The molecular weight excluding hydrogens is 247 g/mol. The maximum Gasteiger partial charge on any atom is 0.307 e. The lowest BCUT2D eigenvalue weighted by Crippen LogP contribution is -2.34. The van der Waals surface area contributed by atoms with E-state index in [-0.39, 0.29) is 5.92 Å². The first-order valence-electron chi connectivity index (χ1n) is 5.54. The Morgan fingerprint density at radius 3 is 2.39 bits per heavy atom. The SMILES string of the molecule is Fc1ccc(F)c(F)c1.O=C(O)[C@@H]1CCCNC1. The topological polar surface area (TPSA) is 49.3 Å². The smallest absolute Gasteiger partial charge is 0.307 e. The van der Waals surface area contributed by atoms with Crippen LogP contribution in [0.25, 0.3) is 0 Å². The molecule has 2 N–H and O–H groups in total. The molecule has 1 aromatic rings. The molecule has 2 rings (SSSR count). The quantitative estimate of drug-likeness (QED) is 0.762. The highest BCUT2D eigenvalue weighted by atomic mass is 19.2. The van der Waals surface area contributed by atoms with Crippen LogP contribution in [0.5, 0.6) is 0 Å². The Morgan fingerprint density at radius 1 is 1.28 bits per heavy atom. The largest absolute Gasteiger partial charge is 0.481 e. The van der Waals surface area contributed by atoms with E-state index in [4.69, 9.17) is 5.11 Å². The van der Waals surface area contributed by atoms with E-state index in [2.05, 4.69) is 5.32 Å². The first kappa shape index (κ1) is 14.5. The van der Waals surface area contributed by atoms with Gasteiger partial charge < -0.3 is 10.4 Å². The molecule has 1 atom stereocenters. The van der Waals surface area contributed by atoms with E-state index in [1.165, 1.54) is 0 Å². The van der Waals surface area contributed by atoms with Crippen molar-refractivity contribution in [2.45, 2.75) is 12.8 Å². The van der Waals surface area contributed by atoms with Crippen LogP contribution in [0.2, 0.25) is 0 Å². The summed E-state index contributed by atoms with van der Waals surface area (Å²) < 4.78 is 35.9. The van der Waals surface area contributed by atoms with Gasteiger partial charge in [-0.15, -0.1) is 0 Å². The van der Waals surface area contributed by atoms with Gasteiger partial charge in [0, 0.05) is 12.6 Å². The number of nitrogens with one attached hydrogen (secondary N) is 1. The summed E-state index contributed by atoms with van der Waals surface area (Å²) >= 11 is 0. The van der Waals surface area contributed by atoms with Crippen molar-refractivity contribution in [1.82, 2.24) is 5.32 Å². The zero-order valence-electron chi connectivity index (χ0n) is 9.63. The molecule has 18 heavy (non-hydrogen) atoms. The van der Waals surface area contributed by atoms with E-state index >= 15 is 0 Å². The van der Waals surface area contributed by atoms with Gasteiger partial charge in [-0.2, -0.15) is 0 Å². The summed E-state index contributed by atoms with van der Waals surface area (Å²) in [5, 5.41) is 11.5. The zero-order valence-corrected chi connectivity index (χ0v) is 9.63. The number of hydrogen-bond acceptors (Lipinski definition) is 2. The molecule has 1 aliphatic heterocycles. The van der Waals surface area contributed by atoms with Crippen LogP contribution in [-0.2, 0) is 4.79 Å². The van der Waals surface area contributed by atoms with Gasteiger partial charge in [-0.1, -0.05) is 0 Å². The monoisotopic (exact) mass is 261 g/mol. The van der Waals surface area contributed by atoms with Crippen molar-refractivity contribution < 1.29 is 23.1 Å². The van der Waals surface area contributed by atoms with Crippen LogP contribution in [0.1, 0.15) is 12.8 Å². The second-order valence-electron chi connectivity index (χ2n) is 3.94. The van der Waals surface area contributed by atoms with Crippen molar-refractivity contribution in [1.29, 1.82) is 0 Å². The third-order valence-electron chi connectivity index (χ3n) is 2.53. The first-order valence-corrected chi connectivity index (χ1v) is 5.54. The normalized spacial score (nSPS) is 18.7. The van der Waals surface area contributed by atoms with E-state index in [9.17, 15) is 18.0 Å². The van der Waals surface area contributed by atoms with Crippen molar-refractivity contribution in [2.24, 2.45) is 5.92 Å². The van der Waals surface area contributed by atoms with E-state index in [1.807, 2.05) is 0 Å². The Hall–Kier alpha value is -1.56. The maximum atomic E-state index is 12.0. The molecule has 0 unspecified atom stereocenters. The third kappa shape index (κ3) is 4.75. The minimum Gasteiger partial charge on any atom is -0.481 e. The van der Waals surface area contributed by atoms with Crippen LogP contribution in [0.3, 0.4) is 0 Å². The number of benzene rings is 1. The van der Waals surface area contributed by atoms with Crippen molar-refractivity contribution in [3.8, 4) is 0 Å². The highest BCUT2D eigenvalue weighted by Crippen LogP contribution is 2.08. The van der Waals surface area contributed by atoms with Crippen molar-refractivity contribution in [2.75, 3.05) is 13.1 Å². The minimum atomic E-state index is -1.16. The van der Waals surface area contributed by atoms with Gasteiger partial charge in [0.1, 0.15) is 5.82 Å². The van der Waals surface area contributed by atoms with Crippen LogP contribution in [-0.4, -0.2) is 24.2 Å². The number of carbonyl (C=O) groups is 1. The molecule has 0 saturated carbocycles. The molecule has 0 spiro atoms. The summed E-state index contributed by atoms with van der Waals surface area (Å²) in [5.41, 5.74) is 0. The Labute approximate surface area is 103 Å². The lowest BCUT2D eigenvalue weighted by atomic mass is 10.0. The molecular formula is C12H14F3NO2. The lowest BCUT2D eigenvalue weighted by Gasteiger charge is -2.18. The second-order valence-corrected chi connectivity index (χ2v) is 3.94. The number of carboxylic acid groups (broad SMARTS) is 1. The van der Waals surface area contributed by atoms with E-state index in [0.717, 1.165) is 31.5 Å². The summed E-state index contributed by atoms with van der Waals surface area (Å²) in [5.74, 6) is -3.76. The number of piperidine rings is 1. The second kappa shape index (κ2) is 7.00. The molecule has 6 heteroatoms. The molecule has 1 fully saturated rings. The van der Waals surface area contributed by atoms with Gasteiger partial charge in [0.2, 0.25) is 0 Å². The fraction of sp³-hybridized carbons (Fsp3) is 0.417. The summed E-state index contributed by atoms with van der Waals surface area (Å²) in [7, 11) is 0. The Kier molecular flexibility index (Phi) is 5.64. The van der Waals surface area contributed by atoms with Gasteiger partial charge in [0.25, 0.3) is 0 Å². The molecule has 1 aromatic carbocycles. The molecule has 1 aliphatic rings. The molecule has 0 bridgehead atoms. The third-order valence-corrected chi connectivity index (χ3v) is 2.53. The summed E-state index contributed by atoms with van der Waals surface area (Å²) in [4.78, 5) is 10.3. The van der Waals surface area contributed by atoms with Crippen molar-refractivity contribution in [3.05, 3.63) is 35.7 Å². The fourth-order valence-corrected chi connectivity index (χ4v) is 1.53. The van der Waals surface area contributed by atoms with Crippen LogP contribution in [0.4, 0.5) is 13.2 Å². The predicted molar refractivity (Wildman–Crippen MR) is 59.5 cm³/mol. The molecule has 3 nitrogen and oxygen atoms in total. The molecule has 0 aromatic heterocycles. The number of hydrogen-bond donors (Lipinski definition) is 2. The van der Waals surface area contributed by atoms with Crippen LogP contribution in [0, 0.1) is 23.4 Å². The van der Waals surface area contributed by atoms with Crippen LogP contribution < -0.4 is 5.32 Å². The molecule has 0 radical (unpaired) electrons. The Bertz CT molecular complexity index is 406. The summed E-state index contributed by atoms with van der Waals surface area (Å²) in [6, 6.07) is 2.10. The highest BCUT2D eigenvalue weighted by Gasteiger charge is 2.18. The Balaban J connectivity index is 0.000000180. The molecule has 1 saturated heterocycles. The van der Waals surface area contributed by atoms with Crippen LogP contribution >= 0.6 is 0 Å². The van der Waals surface area contributed by atoms with Gasteiger partial charge in [-0.05, 0) is 31.5 Å². The first-order chi connectivity index (χ1) is 8.50. The van der Waals surface area contributed by atoms with Gasteiger partial charge in [-0.25, -0.2) is 13.2 Å². The van der Waals surface area contributed by atoms with Crippen LogP contribution in [0.15, 0.2) is 18.2 Å². The zero-order chi connectivity index (χ0) is 13.5. The van der Waals surface area contributed by atoms with E-state index in [0.29, 0.717) is 12.6 Å². The predicted octanol–water partition coefficient (Wildman–Crippen LogP) is 2.17. The van der Waals surface area contributed by atoms with Crippen molar-refractivity contribution in [3.63, 3.8) is 0 Å². The maximum absolute atomic E-state index is 12.0. The molecule has 0 aliphatic carbocycles. The average Bonchev–Trinajstić information content (AvgIpc) is 2.36. The summed E-state index contributed by atoms with van der Waals surface area (Å²) in [6.45, 7) is 1.62. The number of aliphatic carboxylic acids is 1. The standard InChI is InChI=1S/C6H3F3.C6H11NO2/c7-4-1-2-5(8)6(9)3-4;8-6(9)5-2-1-3-7-4-5/h1-3H;5,7H,1-4H2,(H,8,9)/t;5-/m.1/s1. The molecule has 0 amide bonds. The summed E-state index contributed by atoms with van der Waals surface area (Å²) in [6.07, 6.45) is 1.83. The van der Waals surface area contributed by atoms with Gasteiger partial charge in [-0.3, -0.25) is 4.79 Å². The fourth-order valence-electron chi connectivity index (χ4n) is 1.53. The van der Waals surface area contributed by atoms with Crippen molar-refractivity contribution >= 4 is 5.97 Å². The lowest BCUT2D eigenvalue weighted by molar-refractivity contribution is -0.142. The molecule has 1 heterocycles. The van der Waals surface area contributed by atoms with Gasteiger partial charge >= 0.3 is 5.97 Å². The van der Waals surface area contributed by atoms with Gasteiger partial charge in [0.15, 0.2) is 11.6 Å². The van der Waals surface area contributed by atoms with E-state index < -0.39 is 23.4 Å². The molecule has 100 valence electrons. The van der Waals surface area contributed by atoms with E-state index in [1.54, 1.807) is 0 Å². The Morgan fingerprint density at radius 2 is 2.00 bits per heavy atom. The number of rotatable bonds is 1. The number of halogens is 3. The number of carboxylic acids is 1. The minimum absolute atomic E-state index is 0.140.